The van der Waals surface area contributed by atoms with Crippen LogP contribution in [0.25, 0.3) is 6.08 Å². The lowest BCUT2D eigenvalue weighted by atomic mass is 10.1. The Kier molecular flexibility index (Phi) is 12.2. The maximum Gasteiger partial charge on any atom is 0.246 e. The number of nitrogens with zero attached hydrogens (tertiary/aromatic N) is 3. The van der Waals surface area contributed by atoms with E-state index >= 15 is 0 Å². The third kappa shape index (κ3) is 10.2. The third-order valence-electron chi connectivity index (χ3n) is 9.17. The van der Waals surface area contributed by atoms with Crippen molar-refractivity contribution in [1.29, 1.82) is 0 Å². The Morgan fingerprint density at radius 1 is 0.731 bits per heavy atom. The first kappa shape index (κ1) is 36.2. The zero-order valence-electron chi connectivity index (χ0n) is 30.5. The van der Waals surface area contributed by atoms with Gasteiger partial charge in [0.1, 0.15) is 29.6 Å². The number of aryl methyl sites for hydroxylation is 3. The van der Waals surface area contributed by atoms with E-state index in [9.17, 15) is 4.79 Å². The average molecular weight is 698 g/mol. The number of aromatic nitrogens is 1. The van der Waals surface area contributed by atoms with Gasteiger partial charge in [-0.25, -0.2) is 4.98 Å². The minimum absolute atomic E-state index is 0.0328. The molecule has 0 unspecified atom stereocenters. The Bertz CT molecular complexity index is 1910. The molecule has 1 aliphatic rings. The van der Waals surface area contributed by atoms with Crippen molar-refractivity contribution >= 4 is 12.0 Å². The second-order valence-electron chi connectivity index (χ2n) is 13.2. The van der Waals surface area contributed by atoms with Crippen LogP contribution in [0.3, 0.4) is 0 Å². The van der Waals surface area contributed by atoms with E-state index in [1.54, 1.807) is 19.4 Å². The van der Waals surface area contributed by atoms with E-state index in [2.05, 4.69) is 65.3 Å². The molecule has 8 heteroatoms. The average Bonchev–Trinajstić information content (AvgIpc) is 3.17. The van der Waals surface area contributed by atoms with Crippen LogP contribution in [0.2, 0.25) is 0 Å². The summed E-state index contributed by atoms with van der Waals surface area (Å²) in [6.45, 7) is 11.1. The van der Waals surface area contributed by atoms with E-state index in [0.29, 0.717) is 37.9 Å². The van der Waals surface area contributed by atoms with Crippen molar-refractivity contribution in [1.82, 2.24) is 14.8 Å². The maximum atomic E-state index is 13.1. The fourth-order valence-electron chi connectivity index (χ4n) is 6.14. The topological polar surface area (TPSA) is 73.4 Å². The number of carbonyl (C=O) groups excluding carboxylic acids is 1. The number of ether oxygens (including phenoxy) is 4. The second kappa shape index (κ2) is 17.6. The largest absolute Gasteiger partial charge is 0.497 e. The van der Waals surface area contributed by atoms with Crippen LogP contribution < -0.4 is 18.9 Å². The normalized spacial score (nSPS) is 13.3. The van der Waals surface area contributed by atoms with Gasteiger partial charge in [-0.3, -0.25) is 9.69 Å². The molecule has 6 rings (SSSR count). The van der Waals surface area contributed by atoms with Gasteiger partial charge in [-0.1, -0.05) is 54.1 Å². The highest BCUT2D eigenvalue weighted by molar-refractivity contribution is 5.92. The smallest absolute Gasteiger partial charge is 0.246 e. The molecule has 5 aromatic rings. The molecule has 0 N–H and O–H groups in total. The molecule has 0 radical (unpaired) electrons. The van der Waals surface area contributed by atoms with Crippen LogP contribution in [-0.4, -0.2) is 60.6 Å². The summed E-state index contributed by atoms with van der Waals surface area (Å²) in [5.74, 6) is 3.63. The van der Waals surface area contributed by atoms with Gasteiger partial charge in [0.15, 0.2) is 0 Å². The molecule has 268 valence electrons. The summed E-state index contributed by atoms with van der Waals surface area (Å²) in [5, 5.41) is 0. The summed E-state index contributed by atoms with van der Waals surface area (Å²) in [5.41, 5.74) is 7.74. The number of benzene rings is 4. The van der Waals surface area contributed by atoms with Crippen molar-refractivity contribution in [3.8, 4) is 28.9 Å². The van der Waals surface area contributed by atoms with Gasteiger partial charge in [0.05, 0.1) is 19.9 Å². The van der Waals surface area contributed by atoms with E-state index in [4.69, 9.17) is 18.9 Å². The molecular weight excluding hydrogens is 651 g/mol. The van der Waals surface area contributed by atoms with Crippen LogP contribution in [-0.2, 0) is 24.4 Å². The number of rotatable bonds is 14. The Hall–Kier alpha value is -5.60. The van der Waals surface area contributed by atoms with Crippen LogP contribution in [0.5, 0.6) is 28.9 Å². The molecule has 8 nitrogen and oxygen atoms in total. The van der Waals surface area contributed by atoms with Gasteiger partial charge in [0, 0.05) is 51.3 Å². The van der Waals surface area contributed by atoms with Crippen LogP contribution in [0, 0.1) is 20.8 Å². The zero-order valence-corrected chi connectivity index (χ0v) is 30.5. The van der Waals surface area contributed by atoms with E-state index in [0.717, 1.165) is 65.6 Å². The molecule has 1 saturated heterocycles. The Morgan fingerprint density at radius 3 is 2.02 bits per heavy atom. The molecule has 2 heterocycles. The zero-order chi connectivity index (χ0) is 36.3. The molecule has 0 saturated carbocycles. The molecule has 1 fully saturated rings. The Labute approximate surface area is 307 Å². The van der Waals surface area contributed by atoms with Crippen molar-refractivity contribution in [2.75, 3.05) is 39.9 Å². The minimum Gasteiger partial charge on any atom is -0.497 e. The summed E-state index contributed by atoms with van der Waals surface area (Å²) in [7, 11) is 1.66. The molecule has 1 aromatic heterocycles. The first-order valence-electron chi connectivity index (χ1n) is 17.8. The molecule has 0 spiro atoms. The molecule has 0 bridgehead atoms. The molecule has 0 aliphatic carbocycles. The third-order valence-corrected chi connectivity index (χ3v) is 9.17. The molecular formula is C44H47N3O5. The molecule has 4 aromatic carbocycles. The number of pyridine rings is 1. The van der Waals surface area contributed by atoms with Gasteiger partial charge in [-0.2, -0.15) is 0 Å². The van der Waals surface area contributed by atoms with Gasteiger partial charge in [0.2, 0.25) is 11.8 Å². The lowest BCUT2D eigenvalue weighted by Gasteiger charge is -2.34. The highest BCUT2D eigenvalue weighted by Gasteiger charge is 2.20. The minimum atomic E-state index is 0.0328. The number of piperazine rings is 1. The number of hydrogen-bond acceptors (Lipinski definition) is 7. The quantitative estimate of drug-likeness (QED) is 0.108. The van der Waals surface area contributed by atoms with E-state index < -0.39 is 0 Å². The molecule has 52 heavy (non-hydrogen) atoms. The summed E-state index contributed by atoms with van der Waals surface area (Å²) in [6, 6.07) is 32.4. The van der Waals surface area contributed by atoms with Crippen LogP contribution in [0.1, 0.15) is 38.9 Å². The van der Waals surface area contributed by atoms with Crippen LogP contribution in [0.15, 0.2) is 109 Å². The molecule has 1 amide bonds. The number of carbonyl (C=O) groups is 1. The monoisotopic (exact) mass is 697 g/mol. The predicted octanol–water partition coefficient (Wildman–Crippen LogP) is 8.37. The van der Waals surface area contributed by atoms with Gasteiger partial charge in [-0.05, 0) is 103 Å². The highest BCUT2D eigenvalue weighted by Crippen LogP contribution is 2.30. The van der Waals surface area contributed by atoms with Crippen LogP contribution >= 0.6 is 0 Å². The maximum absolute atomic E-state index is 13.1. The summed E-state index contributed by atoms with van der Waals surface area (Å²) in [6.07, 6.45) is 6.09. The van der Waals surface area contributed by atoms with Crippen molar-refractivity contribution in [3.63, 3.8) is 0 Å². The summed E-state index contributed by atoms with van der Waals surface area (Å²) >= 11 is 0. The first-order chi connectivity index (χ1) is 25.3. The van der Waals surface area contributed by atoms with Crippen molar-refractivity contribution in [2.45, 2.75) is 40.3 Å². The number of hydrogen-bond donors (Lipinski definition) is 0. The van der Waals surface area contributed by atoms with E-state index in [1.807, 2.05) is 73.4 Å². The number of amides is 1. The Morgan fingerprint density at radius 2 is 1.37 bits per heavy atom. The molecule has 0 atom stereocenters. The second-order valence-corrected chi connectivity index (χ2v) is 13.2. The van der Waals surface area contributed by atoms with Gasteiger partial charge >= 0.3 is 0 Å². The Balaban J connectivity index is 0.926. The van der Waals surface area contributed by atoms with Crippen molar-refractivity contribution in [2.24, 2.45) is 0 Å². The lowest BCUT2D eigenvalue weighted by Crippen LogP contribution is -2.47. The predicted molar refractivity (Wildman–Crippen MR) is 205 cm³/mol. The summed E-state index contributed by atoms with van der Waals surface area (Å²) in [4.78, 5) is 21.9. The summed E-state index contributed by atoms with van der Waals surface area (Å²) < 4.78 is 23.1. The van der Waals surface area contributed by atoms with Crippen LogP contribution in [0.4, 0.5) is 0 Å². The van der Waals surface area contributed by atoms with E-state index in [-0.39, 0.29) is 5.91 Å². The van der Waals surface area contributed by atoms with E-state index in [1.165, 1.54) is 16.7 Å². The van der Waals surface area contributed by atoms with Gasteiger partial charge in [0.25, 0.3) is 0 Å². The van der Waals surface area contributed by atoms with Crippen molar-refractivity contribution in [3.05, 3.63) is 148 Å². The first-order valence-corrected chi connectivity index (χ1v) is 17.8. The molecule has 1 aliphatic heterocycles. The fraction of sp³-hybridized carbons (Fsp3) is 0.273. The SMILES string of the molecule is COc1ccc(OCCc2ccc(CN3CCN(C(=O)/C=C/c4cc(C)c(Oc5ccc(OCc6ccc(C)cc6)cn5)c(C)c4)CC3)cc2)cc1. The lowest BCUT2D eigenvalue weighted by molar-refractivity contribution is -0.127. The number of methoxy groups -OCH3 is 1. The standard InChI is InChI=1S/C44H47N3O5/c1-32-5-7-37(8-6-32)31-51-41-18-19-42(45-29-41)52-44-33(2)27-38(28-34(44)3)13-20-43(48)47-24-22-46(23-25-47)30-36-11-9-35(10-12-36)21-26-50-40-16-14-39(49-4)15-17-40/h5-20,27-29H,21-26,30-31H2,1-4H3/b20-13+. The highest BCUT2D eigenvalue weighted by atomic mass is 16.5. The fourth-order valence-corrected chi connectivity index (χ4v) is 6.14. The van der Waals surface area contributed by atoms with Gasteiger partial charge < -0.3 is 23.8 Å². The van der Waals surface area contributed by atoms with Crippen molar-refractivity contribution < 1.29 is 23.7 Å². The van der Waals surface area contributed by atoms with Gasteiger partial charge in [-0.15, -0.1) is 0 Å².